The van der Waals surface area contributed by atoms with Crippen molar-refractivity contribution in [2.75, 3.05) is 0 Å². The summed E-state index contributed by atoms with van der Waals surface area (Å²) in [6.45, 7) is 1.64. The number of rotatable bonds is 4. The van der Waals surface area contributed by atoms with Gasteiger partial charge in [0.1, 0.15) is 6.61 Å². The van der Waals surface area contributed by atoms with Gasteiger partial charge in [-0.1, -0.05) is 42.5 Å². The summed E-state index contributed by atoms with van der Waals surface area (Å²) >= 11 is 0. The summed E-state index contributed by atoms with van der Waals surface area (Å²) in [6, 6.07) is 13.7. The van der Waals surface area contributed by atoms with E-state index in [1.807, 2.05) is 30.3 Å². The Kier molecular flexibility index (Phi) is 4.65. The Labute approximate surface area is 127 Å². The first-order valence-electron chi connectivity index (χ1n) is 6.15. The molecule has 6 heteroatoms. The van der Waals surface area contributed by atoms with Crippen LogP contribution >= 0.6 is 10.7 Å². The van der Waals surface area contributed by atoms with Gasteiger partial charge in [-0.05, 0) is 24.1 Å². The van der Waals surface area contributed by atoms with Gasteiger partial charge in [0, 0.05) is 10.7 Å². The van der Waals surface area contributed by atoms with Crippen molar-refractivity contribution in [2.45, 2.75) is 18.4 Å². The molecule has 110 valence electrons. The fraction of sp³-hybridized carbons (Fsp3) is 0.133. The molecule has 0 unspecified atom stereocenters. The smallest absolute Gasteiger partial charge is 0.339 e. The molecule has 2 rings (SSSR count). The summed E-state index contributed by atoms with van der Waals surface area (Å²) < 4.78 is 28.4. The maximum absolute atomic E-state index is 12.1. The summed E-state index contributed by atoms with van der Waals surface area (Å²) in [5, 5.41) is 0. The summed E-state index contributed by atoms with van der Waals surface area (Å²) in [6.07, 6.45) is 0. The number of ether oxygens (including phenoxy) is 1. The molecule has 0 radical (unpaired) electrons. The highest BCUT2D eigenvalue weighted by Gasteiger charge is 2.23. The molecule has 0 spiro atoms. The van der Waals surface area contributed by atoms with Crippen LogP contribution < -0.4 is 0 Å². The first-order valence-corrected chi connectivity index (χ1v) is 8.46. The number of aryl methyl sites for hydroxylation is 1. The molecule has 0 fully saturated rings. The maximum atomic E-state index is 12.1. The Morgan fingerprint density at radius 1 is 1.10 bits per heavy atom. The van der Waals surface area contributed by atoms with E-state index in [1.165, 1.54) is 6.07 Å². The Bertz CT molecular complexity index is 754. The van der Waals surface area contributed by atoms with Gasteiger partial charge in [0.25, 0.3) is 9.05 Å². The molecule has 2 aromatic carbocycles. The van der Waals surface area contributed by atoms with Crippen LogP contribution in [0.2, 0.25) is 0 Å². The second-order valence-electron chi connectivity index (χ2n) is 4.45. The summed E-state index contributed by atoms with van der Waals surface area (Å²) in [4.78, 5) is 11.9. The van der Waals surface area contributed by atoms with Gasteiger partial charge in [-0.15, -0.1) is 0 Å². The third-order valence-corrected chi connectivity index (χ3v) is 4.38. The molecule has 0 aliphatic heterocycles. The number of carbonyl (C=O) groups is 1. The van der Waals surface area contributed by atoms with Gasteiger partial charge in [0.15, 0.2) is 0 Å². The van der Waals surface area contributed by atoms with Gasteiger partial charge in [0.05, 0.1) is 10.5 Å². The van der Waals surface area contributed by atoms with Crippen molar-refractivity contribution in [3.8, 4) is 0 Å². The van der Waals surface area contributed by atoms with E-state index >= 15 is 0 Å². The van der Waals surface area contributed by atoms with Gasteiger partial charge in [-0.25, -0.2) is 13.2 Å². The van der Waals surface area contributed by atoms with Crippen molar-refractivity contribution < 1.29 is 17.9 Å². The minimum atomic E-state index is -4.02. The third-order valence-electron chi connectivity index (χ3n) is 2.89. The van der Waals surface area contributed by atoms with Crippen LogP contribution in [0.5, 0.6) is 0 Å². The minimum absolute atomic E-state index is 0.0547. The van der Waals surface area contributed by atoms with Gasteiger partial charge >= 0.3 is 5.97 Å². The second kappa shape index (κ2) is 6.28. The van der Waals surface area contributed by atoms with Crippen LogP contribution in [0.15, 0.2) is 53.4 Å². The average molecular weight is 325 g/mol. The number of hydrogen-bond donors (Lipinski definition) is 0. The van der Waals surface area contributed by atoms with Crippen molar-refractivity contribution in [1.29, 1.82) is 0 Å². The molecular formula is C15H13ClO4S. The molecule has 4 nitrogen and oxygen atoms in total. The number of benzene rings is 2. The Morgan fingerprint density at radius 2 is 1.76 bits per heavy atom. The lowest BCUT2D eigenvalue weighted by atomic mass is 10.1. The highest BCUT2D eigenvalue weighted by molar-refractivity contribution is 8.13. The van der Waals surface area contributed by atoms with Crippen LogP contribution in [0.4, 0.5) is 0 Å². The van der Waals surface area contributed by atoms with Crippen LogP contribution in [-0.2, 0) is 20.4 Å². The van der Waals surface area contributed by atoms with Crippen molar-refractivity contribution in [1.82, 2.24) is 0 Å². The van der Waals surface area contributed by atoms with Crippen LogP contribution in [0.1, 0.15) is 21.5 Å². The topological polar surface area (TPSA) is 60.4 Å². The molecule has 0 saturated carbocycles. The number of carbonyl (C=O) groups excluding carboxylic acids is 1. The number of esters is 1. The van der Waals surface area contributed by atoms with E-state index in [4.69, 9.17) is 15.4 Å². The largest absolute Gasteiger partial charge is 0.457 e. The molecular weight excluding hydrogens is 312 g/mol. The van der Waals surface area contributed by atoms with Gasteiger partial charge in [0.2, 0.25) is 0 Å². The SMILES string of the molecule is Cc1cccc(C(=O)OCc2ccccc2)c1S(=O)(=O)Cl. The summed E-state index contributed by atoms with van der Waals surface area (Å²) in [5.74, 6) is -0.721. The summed E-state index contributed by atoms with van der Waals surface area (Å²) in [7, 11) is 1.37. The second-order valence-corrected chi connectivity index (χ2v) is 6.95. The van der Waals surface area contributed by atoms with Crippen LogP contribution in [0, 0.1) is 6.92 Å². The van der Waals surface area contributed by atoms with Crippen molar-refractivity contribution in [3.05, 3.63) is 65.2 Å². The van der Waals surface area contributed by atoms with E-state index in [9.17, 15) is 13.2 Å². The number of halogens is 1. The van der Waals surface area contributed by atoms with E-state index in [1.54, 1.807) is 19.1 Å². The van der Waals surface area contributed by atoms with Crippen LogP contribution in [0.3, 0.4) is 0 Å². The molecule has 21 heavy (non-hydrogen) atoms. The molecule has 0 saturated heterocycles. The fourth-order valence-corrected chi connectivity index (χ4v) is 3.42. The zero-order valence-electron chi connectivity index (χ0n) is 11.2. The molecule has 0 atom stereocenters. The number of hydrogen-bond acceptors (Lipinski definition) is 4. The fourth-order valence-electron chi connectivity index (χ4n) is 1.94. The van der Waals surface area contributed by atoms with Gasteiger partial charge in [-0.2, -0.15) is 0 Å². The standard InChI is InChI=1S/C15H13ClO4S/c1-11-6-5-9-13(14(11)21(16,18)19)15(17)20-10-12-7-3-2-4-8-12/h2-9H,10H2,1H3. The molecule has 0 aliphatic carbocycles. The summed E-state index contributed by atoms with van der Waals surface area (Å²) in [5.41, 5.74) is 1.16. The first kappa shape index (κ1) is 15.5. The predicted octanol–water partition coefficient (Wildman–Crippen LogP) is 3.28. The van der Waals surface area contributed by atoms with Crippen molar-refractivity contribution in [3.63, 3.8) is 0 Å². The Hall–Kier alpha value is -1.85. The van der Waals surface area contributed by atoms with E-state index < -0.39 is 15.0 Å². The average Bonchev–Trinajstić information content (AvgIpc) is 2.44. The quantitative estimate of drug-likeness (QED) is 0.639. The Morgan fingerprint density at radius 3 is 2.38 bits per heavy atom. The molecule has 0 heterocycles. The maximum Gasteiger partial charge on any atom is 0.339 e. The molecule has 0 aromatic heterocycles. The molecule has 0 amide bonds. The first-order chi connectivity index (χ1) is 9.89. The van der Waals surface area contributed by atoms with E-state index in [-0.39, 0.29) is 17.1 Å². The lowest BCUT2D eigenvalue weighted by Crippen LogP contribution is -2.11. The molecule has 0 bridgehead atoms. The normalized spacial score (nSPS) is 11.1. The van der Waals surface area contributed by atoms with E-state index in [2.05, 4.69) is 0 Å². The van der Waals surface area contributed by atoms with E-state index in [0.717, 1.165) is 5.56 Å². The van der Waals surface area contributed by atoms with Crippen molar-refractivity contribution in [2.24, 2.45) is 0 Å². The highest BCUT2D eigenvalue weighted by atomic mass is 35.7. The van der Waals surface area contributed by atoms with Gasteiger partial charge in [-0.3, -0.25) is 0 Å². The zero-order valence-corrected chi connectivity index (χ0v) is 12.8. The third kappa shape index (κ3) is 3.83. The lowest BCUT2D eigenvalue weighted by molar-refractivity contribution is 0.0468. The zero-order chi connectivity index (χ0) is 15.5. The van der Waals surface area contributed by atoms with E-state index in [0.29, 0.717) is 5.56 Å². The minimum Gasteiger partial charge on any atom is -0.457 e. The molecule has 0 N–H and O–H groups in total. The monoisotopic (exact) mass is 324 g/mol. The molecule has 0 aliphatic rings. The van der Waals surface area contributed by atoms with Crippen LogP contribution in [0.25, 0.3) is 0 Å². The molecule has 2 aromatic rings. The van der Waals surface area contributed by atoms with Gasteiger partial charge < -0.3 is 4.74 Å². The van der Waals surface area contributed by atoms with Crippen LogP contribution in [-0.4, -0.2) is 14.4 Å². The highest BCUT2D eigenvalue weighted by Crippen LogP contribution is 2.25. The van der Waals surface area contributed by atoms with Crippen molar-refractivity contribution >= 4 is 25.7 Å². The predicted molar refractivity (Wildman–Crippen MR) is 79.8 cm³/mol. The Balaban J connectivity index is 2.26. The lowest BCUT2D eigenvalue weighted by Gasteiger charge is -2.10.